The quantitative estimate of drug-likeness (QED) is 0.848. The van der Waals surface area contributed by atoms with E-state index in [2.05, 4.69) is 13.8 Å². The molecule has 1 aliphatic carbocycles. The molecular formula is C15H21F2N. The average molecular weight is 253 g/mol. The SMILES string of the molecule is CC(C)C1CCCC(N)(c2ccc(F)cc2F)C1. The van der Waals surface area contributed by atoms with Crippen molar-refractivity contribution in [3.8, 4) is 0 Å². The largest absolute Gasteiger partial charge is 0.321 e. The molecule has 0 saturated heterocycles. The van der Waals surface area contributed by atoms with Crippen molar-refractivity contribution in [1.82, 2.24) is 0 Å². The monoisotopic (exact) mass is 253 g/mol. The second-order valence-corrected chi connectivity index (χ2v) is 5.88. The van der Waals surface area contributed by atoms with Crippen molar-refractivity contribution in [3.63, 3.8) is 0 Å². The van der Waals surface area contributed by atoms with Crippen molar-refractivity contribution in [2.45, 2.75) is 45.1 Å². The van der Waals surface area contributed by atoms with Crippen molar-refractivity contribution < 1.29 is 8.78 Å². The minimum atomic E-state index is -0.634. The fourth-order valence-corrected chi connectivity index (χ4v) is 3.06. The first-order valence-electron chi connectivity index (χ1n) is 6.67. The lowest BCUT2D eigenvalue weighted by atomic mass is 9.69. The standard InChI is InChI=1S/C15H21F2N/c1-10(2)11-4-3-7-15(18,9-11)13-6-5-12(16)8-14(13)17/h5-6,8,10-11H,3-4,7,9,18H2,1-2H3. The zero-order valence-corrected chi connectivity index (χ0v) is 11.0. The summed E-state index contributed by atoms with van der Waals surface area (Å²) in [6.07, 6.45) is 3.72. The van der Waals surface area contributed by atoms with E-state index < -0.39 is 17.2 Å². The highest BCUT2D eigenvalue weighted by molar-refractivity contribution is 5.27. The molecule has 1 saturated carbocycles. The average Bonchev–Trinajstić information content (AvgIpc) is 2.28. The van der Waals surface area contributed by atoms with Gasteiger partial charge in [-0.05, 0) is 30.7 Å². The lowest BCUT2D eigenvalue weighted by Crippen LogP contribution is -2.43. The molecule has 2 unspecified atom stereocenters. The van der Waals surface area contributed by atoms with Crippen LogP contribution in [0.3, 0.4) is 0 Å². The van der Waals surface area contributed by atoms with Crippen molar-refractivity contribution >= 4 is 0 Å². The van der Waals surface area contributed by atoms with Gasteiger partial charge in [-0.3, -0.25) is 0 Å². The molecule has 0 aromatic heterocycles. The van der Waals surface area contributed by atoms with Crippen LogP contribution in [0.1, 0.15) is 45.1 Å². The molecule has 18 heavy (non-hydrogen) atoms. The number of nitrogens with two attached hydrogens (primary N) is 1. The van der Waals surface area contributed by atoms with Crippen LogP contribution in [0.15, 0.2) is 18.2 Å². The zero-order chi connectivity index (χ0) is 13.3. The van der Waals surface area contributed by atoms with Gasteiger partial charge in [-0.25, -0.2) is 8.78 Å². The van der Waals surface area contributed by atoms with Gasteiger partial charge in [0, 0.05) is 17.2 Å². The summed E-state index contributed by atoms with van der Waals surface area (Å²) in [5.41, 5.74) is 6.23. The Labute approximate surface area is 107 Å². The number of halogens is 2. The van der Waals surface area contributed by atoms with E-state index in [4.69, 9.17) is 5.73 Å². The third kappa shape index (κ3) is 2.56. The Morgan fingerprint density at radius 1 is 1.33 bits per heavy atom. The molecule has 2 N–H and O–H groups in total. The maximum Gasteiger partial charge on any atom is 0.131 e. The van der Waals surface area contributed by atoms with E-state index in [1.54, 1.807) is 0 Å². The third-order valence-corrected chi connectivity index (χ3v) is 4.23. The number of hydrogen-bond donors (Lipinski definition) is 1. The Morgan fingerprint density at radius 2 is 2.06 bits per heavy atom. The van der Waals surface area contributed by atoms with E-state index in [0.29, 0.717) is 17.4 Å². The van der Waals surface area contributed by atoms with Crippen LogP contribution in [0.5, 0.6) is 0 Å². The first-order chi connectivity index (χ1) is 8.42. The van der Waals surface area contributed by atoms with E-state index in [0.717, 1.165) is 31.7 Å². The van der Waals surface area contributed by atoms with Crippen LogP contribution in [0.25, 0.3) is 0 Å². The highest BCUT2D eigenvalue weighted by atomic mass is 19.1. The number of rotatable bonds is 2. The van der Waals surface area contributed by atoms with Crippen LogP contribution in [-0.2, 0) is 5.54 Å². The molecule has 100 valence electrons. The number of benzene rings is 1. The van der Waals surface area contributed by atoms with Crippen molar-refractivity contribution in [2.75, 3.05) is 0 Å². The minimum Gasteiger partial charge on any atom is -0.321 e. The number of hydrogen-bond acceptors (Lipinski definition) is 1. The van der Waals surface area contributed by atoms with Gasteiger partial charge in [0.15, 0.2) is 0 Å². The Balaban J connectivity index is 2.29. The maximum absolute atomic E-state index is 13.9. The molecule has 1 aliphatic rings. The molecule has 2 rings (SSSR count). The van der Waals surface area contributed by atoms with E-state index in [9.17, 15) is 8.78 Å². The summed E-state index contributed by atoms with van der Waals surface area (Å²) in [4.78, 5) is 0. The smallest absolute Gasteiger partial charge is 0.131 e. The second kappa shape index (κ2) is 4.96. The molecule has 3 heteroatoms. The minimum absolute atomic E-state index is 0.467. The first-order valence-corrected chi connectivity index (χ1v) is 6.67. The predicted octanol–water partition coefficient (Wildman–Crippen LogP) is 3.97. The molecule has 0 spiro atoms. The topological polar surface area (TPSA) is 26.0 Å². The second-order valence-electron chi connectivity index (χ2n) is 5.88. The van der Waals surface area contributed by atoms with Crippen LogP contribution >= 0.6 is 0 Å². The first kappa shape index (κ1) is 13.5. The van der Waals surface area contributed by atoms with Gasteiger partial charge in [0.1, 0.15) is 11.6 Å². The molecule has 0 amide bonds. The van der Waals surface area contributed by atoms with Crippen LogP contribution in [0, 0.1) is 23.5 Å². The normalized spacial score (nSPS) is 28.7. The van der Waals surface area contributed by atoms with Gasteiger partial charge in [-0.2, -0.15) is 0 Å². The van der Waals surface area contributed by atoms with Crippen molar-refractivity contribution in [2.24, 2.45) is 17.6 Å². The highest BCUT2D eigenvalue weighted by Crippen LogP contribution is 2.41. The van der Waals surface area contributed by atoms with Gasteiger partial charge in [-0.1, -0.05) is 32.8 Å². The van der Waals surface area contributed by atoms with E-state index >= 15 is 0 Å². The van der Waals surface area contributed by atoms with Gasteiger partial charge < -0.3 is 5.73 Å². The highest BCUT2D eigenvalue weighted by Gasteiger charge is 2.37. The third-order valence-electron chi connectivity index (χ3n) is 4.23. The van der Waals surface area contributed by atoms with Crippen LogP contribution in [-0.4, -0.2) is 0 Å². The summed E-state index contributed by atoms with van der Waals surface area (Å²) < 4.78 is 26.9. The fourth-order valence-electron chi connectivity index (χ4n) is 3.06. The van der Waals surface area contributed by atoms with Gasteiger partial charge in [0.2, 0.25) is 0 Å². The molecule has 0 radical (unpaired) electrons. The lowest BCUT2D eigenvalue weighted by molar-refractivity contribution is 0.180. The summed E-state index contributed by atoms with van der Waals surface area (Å²) in [6.45, 7) is 4.36. The summed E-state index contributed by atoms with van der Waals surface area (Å²) in [6, 6.07) is 3.74. The Hall–Kier alpha value is -0.960. The maximum atomic E-state index is 13.9. The molecule has 2 atom stereocenters. The Bertz CT molecular complexity index is 431. The zero-order valence-electron chi connectivity index (χ0n) is 11.0. The summed E-state index contributed by atoms with van der Waals surface area (Å²) >= 11 is 0. The van der Waals surface area contributed by atoms with Crippen molar-refractivity contribution in [3.05, 3.63) is 35.4 Å². The summed E-state index contributed by atoms with van der Waals surface area (Å²) in [5, 5.41) is 0. The molecule has 0 bridgehead atoms. The molecule has 1 fully saturated rings. The van der Waals surface area contributed by atoms with E-state index in [-0.39, 0.29) is 0 Å². The molecular weight excluding hydrogens is 232 g/mol. The Morgan fingerprint density at radius 3 is 2.67 bits per heavy atom. The molecule has 0 heterocycles. The molecule has 1 aromatic rings. The molecule has 1 nitrogen and oxygen atoms in total. The molecule has 0 aliphatic heterocycles. The molecule has 1 aromatic carbocycles. The van der Waals surface area contributed by atoms with E-state index in [1.165, 1.54) is 12.1 Å². The van der Waals surface area contributed by atoms with Crippen LogP contribution in [0.2, 0.25) is 0 Å². The van der Waals surface area contributed by atoms with Gasteiger partial charge >= 0.3 is 0 Å². The van der Waals surface area contributed by atoms with Gasteiger partial charge in [0.25, 0.3) is 0 Å². The summed E-state index contributed by atoms with van der Waals surface area (Å²) in [7, 11) is 0. The van der Waals surface area contributed by atoms with Crippen molar-refractivity contribution in [1.29, 1.82) is 0 Å². The van der Waals surface area contributed by atoms with Crippen LogP contribution < -0.4 is 5.73 Å². The lowest BCUT2D eigenvalue weighted by Gasteiger charge is -2.40. The van der Waals surface area contributed by atoms with Crippen LogP contribution in [0.4, 0.5) is 8.78 Å². The van der Waals surface area contributed by atoms with E-state index in [1.807, 2.05) is 0 Å². The Kier molecular flexibility index (Phi) is 3.71. The summed E-state index contributed by atoms with van der Waals surface area (Å²) in [5.74, 6) is 0.0166. The fraction of sp³-hybridized carbons (Fsp3) is 0.600. The van der Waals surface area contributed by atoms with Gasteiger partial charge in [-0.15, -0.1) is 0 Å². The predicted molar refractivity (Wildman–Crippen MR) is 69.0 cm³/mol. The van der Waals surface area contributed by atoms with Gasteiger partial charge in [0.05, 0.1) is 0 Å².